The first-order valence-corrected chi connectivity index (χ1v) is 45.2. The zero-order chi connectivity index (χ0) is 87.4. The van der Waals surface area contributed by atoms with Gasteiger partial charge in [-0.1, -0.05) is 388 Å². The summed E-state index contributed by atoms with van der Waals surface area (Å²) >= 11 is 0. The molecule has 0 atom stereocenters. The molecule has 0 aliphatic carbocycles. The van der Waals surface area contributed by atoms with E-state index in [1.54, 1.807) is 0 Å². The van der Waals surface area contributed by atoms with Gasteiger partial charge in [0.1, 0.15) is 22.3 Å². The molecule has 0 bridgehead atoms. The minimum absolute atomic E-state index is 0.909. The molecule has 132 heavy (non-hydrogen) atoms. The Kier molecular flexibility index (Phi) is 19.9. The fraction of sp³-hybridized carbons (Fsp3) is 0. The molecule has 4 nitrogen and oxygen atoms in total. The Hall–Kier alpha value is -17.4. The second kappa shape index (κ2) is 33.7. The zero-order valence-electron chi connectivity index (χ0n) is 72.2. The van der Waals surface area contributed by atoms with E-state index in [0.29, 0.717) is 0 Å². The highest BCUT2D eigenvalue weighted by molar-refractivity contribution is 6.26. The minimum Gasteiger partial charge on any atom is -0.456 e. The Balaban J connectivity index is 0.000000146. The molecule has 0 aliphatic rings. The van der Waals surface area contributed by atoms with Crippen molar-refractivity contribution in [1.82, 2.24) is 0 Å². The van der Waals surface area contributed by atoms with Crippen molar-refractivity contribution in [3.63, 3.8) is 0 Å². The van der Waals surface area contributed by atoms with Gasteiger partial charge in [-0.25, -0.2) is 0 Å². The third kappa shape index (κ3) is 14.9. The summed E-state index contributed by atoms with van der Waals surface area (Å²) < 4.78 is 12.3. The van der Waals surface area contributed by atoms with Crippen LogP contribution in [0.4, 0.5) is 34.1 Å². The van der Waals surface area contributed by atoms with Crippen molar-refractivity contribution in [1.29, 1.82) is 0 Å². The lowest BCUT2D eigenvalue weighted by atomic mass is 9.91. The molecule has 0 fully saturated rings. The highest BCUT2D eigenvalue weighted by Crippen LogP contribution is 2.47. The van der Waals surface area contributed by atoms with Crippen molar-refractivity contribution < 1.29 is 8.83 Å². The number of hydrogen-bond donors (Lipinski definition) is 0. The number of furan rings is 2. The van der Waals surface area contributed by atoms with E-state index in [1.807, 2.05) is 24.3 Å². The predicted molar refractivity (Wildman–Crippen MR) is 559 cm³/mol. The van der Waals surface area contributed by atoms with Crippen LogP contribution < -0.4 is 9.80 Å². The molecule has 0 saturated carbocycles. The predicted octanol–water partition coefficient (Wildman–Crippen LogP) is 36.5. The average Bonchev–Trinajstić information content (AvgIpc) is 0.910. The molecule has 25 rings (SSSR count). The topological polar surface area (TPSA) is 32.8 Å². The first kappa shape index (κ1) is 78.1. The Morgan fingerprint density at radius 3 is 0.652 bits per heavy atom. The van der Waals surface area contributed by atoms with Crippen LogP contribution in [0.2, 0.25) is 0 Å². The monoisotopic (exact) mass is 1680 g/mol. The summed E-state index contributed by atoms with van der Waals surface area (Å²) in [7, 11) is 0. The maximum atomic E-state index is 6.18. The molecule has 2 heterocycles. The normalized spacial score (nSPS) is 11.5. The van der Waals surface area contributed by atoms with E-state index in [4.69, 9.17) is 8.83 Å². The molecule has 25 aromatic rings. The van der Waals surface area contributed by atoms with Crippen molar-refractivity contribution in [3.8, 4) is 111 Å². The van der Waals surface area contributed by atoms with E-state index < -0.39 is 0 Å². The number of benzene rings is 23. The fourth-order valence-electron chi connectivity index (χ4n) is 19.5. The molecule has 0 spiro atoms. The van der Waals surface area contributed by atoms with Crippen molar-refractivity contribution >= 4 is 132 Å². The van der Waals surface area contributed by atoms with Crippen molar-refractivity contribution in [2.24, 2.45) is 0 Å². The van der Waals surface area contributed by atoms with Gasteiger partial charge in [0.15, 0.2) is 0 Å². The Morgan fingerprint density at radius 1 is 0.106 bits per heavy atom. The molecule has 0 aliphatic heterocycles. The van der Waals surface area contributed by atoms with Crippen LogP contribution in [0.1, 0.15) is 0 Å². The maximum absolute atomic E-state index is 6.18. The van der Waals surface area contributed by atoms with Crippen LogP contribution in [0.5, 0.6) is 0 Å². The molecule has 23 aromatic carbocycles. The van der Waals surface area contributed by atoms with Crippen LogP contribution in [-0.2, 0) is 0 Å². The van der Waals surface area contributed by atoms with Crippen LogP contribution in [0.25, 0.3) is 209 Å². The van der Waals surface area contributed by atoms with Gasteiger partial charge in [-0.3, -0.25) is 0 Å². The number of fused-ring (bicyclic) bond motifs is 15. The SMILES string of the molecule is c1ccc(-c2ccc(-c3ccc(N(c4ccc(-c5ccc(-c6ccccc6)cc5)cc4)c4ccc5c(ccc6cc(-c7ccc8oc9ccccc9c8c7)ccc65)c4)cc3)cc2)cc1.c1ccc(-c2ccc(-c3ccc(N(c4ccc(-c5ccc(-c6ccccc6)cc5)cc4)c4ccc5c6ccc(-c7ccc8oc9ccccc9c8c7)cc6c6ccccc6c5c4)cc3)cc2)cc1. The molecule has 618 valence electrons. The van der Waals surface area contributed by atoms with Crippen LogP contribution in [-0.4, -0.2) is 0 Å². The van der Waals surface area contributed by atoms with Gasteiger partial charge in [0, 0.05) is 55.7 Å². The molecule has 4 heteroatoms. The number of nitrogens with zero attached hydrogens (tertiary/aromatic N) is 2. The quantitative estimate of drug-likeness (QED) is 0.0903. The van der Waals surface area contributed by atoms with Crippen molar-refractivity contribution in [3.05, 3.63) is 510 Å². The Morgan fingerprint density at radius 2 is 0.311 bits per heavy atom. The van der Waals surface area contributed by atoms with Gasteiger partial charge in [-0.15, -0.1) is 0 Å². The summed E-state index contributed by atoms with van der Waals surface area (Å²) in [6.07, 6.45) is 0. The zero-order valence-corrected chi connectivity index (χ0v) is 72.2. The first-order valence-electron chi connectivity index (χ1n) is 45.2. The van der Waals surface area contributed by atoms with Gasteiger partial charge < -0.3 is 18.6 Å². The van der Waals surface area contributed by atoms with E-state index >= 15 is 0 Å². The highest BCUT2D eigenvalue weighted by atomic mass is 16.3. The lowest BCUT2D eigenvalue weighted by molar-refractivity contribution is 0.668. The largest absolute Gasteiger partial charge is 0.456 e. The minimum atomic E-state index is 0.909. The lowest BCUT2D eigenvalue weighted by Crippen LogP contribution is -2.10. The number of anilines is 6. The standard InChI is InChI=1S/C66H43NO.C62H41NO/c1-3-11-44(12-4-1)46-19-23-48(24-20-46)50-27-33-54(34-28-50)67(55-35-29-51(30-36-55)49-25-21-47(22-26-49)45-13-5-2-6-14-45)56-37-39-60-59-38-31-52(41-62(59)57-15-7-8-16-58(57)63(60)43-56)53-32-40-66-64(42-53)61-17-9-10-18-65(61)68-66;1-3-9-42(10-4-1)44-15-19-46(20-16-44)48-25-31-54(32-26-48)63(55-33-27-49(28-34-55)47-21-17-45(18-22-47)43-11-5-2-6-12-43)56-35-37-58-53(40-56)24-23-52-39-50(29-36-57(52)58)51-30-38-62-60(41-51)59-13-7-8-14-61(59)64-62/h1-43H;1-41H. The average molecular weight is 1680 g/mol. The van der Waals surface area contributed by atoms with Gasteiger partial charge in [0.25, 0.3) is 0 Å². The number of para-hydroxylation sites is 2. The van der Waals surface area contributed by atoms with E-state index in [0.717, 1.165) is 78.0 Å². The van der Waals surface area contributed by atoms with E-state index in [2.05, 4.69) is 495 Å². The summed E-state index contributed by atoms with van der Waals surface area (Å²) in [5.41, 5.74) is 34.2. The summed E-state index contributed by atoms with van der Waals surface area (Å²) in [5.74, 6) is 0. The van der Waals surface area contributed by atoms with Gasteiger partial charge in [-0.05, 0) is 286 Å². The lowest BCUT2D eigenvalue weighted by Gasteiger charge is -2.27. The molecule has 2 aromatic heterocycles. The Bertz CT molecular complexity index is 8320. The Labute approximate surface area is 766 Å². The highest BCUT2D eigenvalue weighted by Gasteiger charge is 2.22. The molecule has 0 unspecified atom stereocenters. The second-order valence-electron chi connectivity index (χ2n) is 34.2. The van der Waals surface area contributed by atoms with Gasteiger partial charge >= 0.3 is 0 Å². The third-order valence-corrected chi connectivity index (χ3v) is 26.4. The smallest absolute Gasteiger partial charge is 0.135 e. The summed E-state index contributed by atoms with van der Waals surface area (Å²) in [6, 6.07) is 184. The van der Waals surface area contributed by atoms with Gasteiger partial charge in [0.2, 0.25) is 0 Å². The van der Waals surface area contributed by atoms with Gasteiger partial charge in [-0.2, -0.15) is 0 Å². The number of rotatable bonds is 16. The van der Waals surface area contributed by atoms with E-state index in [9.17, 15) is 0 Å². The summed E-state index contributed by atoms with van der Waals surface area (Å²) in [4.78, 5) is 4.76. The maximum Gasteiger partial charge on any atom is 0.135 e. The summed E-state index contributed by atoms with van der Waals surface area (Å²) in [6.45, 7) is 0. The number of hydrogen-bond acceptors (Lipinski definition) is 4. The van der Waals surface area contributed by atoms with E-state index in [1.165, 1.54) is 165 Å². The van der Waals surface area contributed by atoms with Crippen LogP contribution in [0.15, 0.2) is 518 Å². The molecule has 0 radical (unpaired) electrons. The molecular formula is C128H84N2O2. The summed E-state index contributed by atoms with van der Waals surface area (Å²) in [5, 5.41) is 16.8. The molecular weight excluding hydrogens is 1600 g/mol. The first-order chi connectivity index (χ1) is 65.4. The van der Waals surface area contributed by atoms with Crippen molar-refractivity contribution in [2.45, 2.75) is 0 Å². The molecule has 0 N–H and O–H groups in total. The van der Waals surface area contributed by atoms with E-state index in [-0.39, 0.29) is 0 Å². The van der Waals surface area contributed by atoms with Crippen molar-refractivity contribution in [2.75, 3.05) is 9.80 Å². The molecule has 0 amide bonds. The molecule has 0 saturated heterocycles. The second-order valence-corrected chi connectivity index (χ2v) is 34.2. The fourth-order valence-corrected chi connectivity index (χ4v) is 19.5. The van der Waals surface area contributed by atoms with Crippen LogP contribution in [0.3, 0.4) is 0 Å². The third-order valence-electron chi connectivity index (χ3n) is 26.4. The van der Waals surface area contributed by atoms with Crippen LogP contribution in [0, 0.1) is 0 Å². The van der Waals surface area contributed by atoms with Crippen LogP contribution >= 0.6 is 0 Å². The van der Waals surface area contributed by atoms with Gasteiger partial charge in [0.05, 0.1) is 0 Å².